The monoisotopic (exact) mass is 326 g/mol. The summed E-state index contributed by atoms with van der Waals surface area (Å²) < 4.78 is 19.5. The normalized spacial score (nSPS) is 12.2. The molecule has 1 atom stereocenters. The summed E-state index contributed by atoms with van der Waals surface area (Å²) >= 11 is 0. The molecule has 0 saturated carbocycles. The summed E-state index contributed by atoms with van der Waals surface area (Å²) in [6.07, 6.45) is 4.08. The van der Waals surface area contributed by atoms with Crippen molar-refractivity contribution in [2.75, 3.05) is 5.32 Å². The second-order valence-corrected chi connectivity index (χ2v) is 5.64. The van der Waals surface area contributed by atoms with Crippen LogP contribution in [0, 0.1) is 12.7 Å². The van der Waals surface area contributed by atoms with Gasteiger partial charge >= 0.3 is 0 Å². The number of nitrogens with zero attached hydrogens (tertiary/aromatic N) is 3. The lowest BCUT2D eigenvalue weighted by Crippen LogP contribution is -2.13. The third-order valence-electron chi connectivity index (χ3n) is 3.77. The highest BCUT2D eigenvalue weighted by Gasteiger charge is 2.10. The zero-order valence-corrected chi connectivity index (χ0v) is 13.9. The molecule has 0 unspecified atom stereocenters. The maximum absolute atomic E-state index is 13.7. The van der Waals surface area contributed by atoms with Gasteiger partial charge in [0, 0.05) is 11.6 Å². The van der Waals surface area contributed by atoms with Crippen molar-refractivity contribution in [3.8, 4) is 5.88 Å². The van der Waals surface area contributed by atoms with Gasteiger partial charge in [0.15, 0.2) is 5.82 Å². The van der Waals surface area contributed by atoms with Crippen LogP contribution >= 0.6 is 0 Å². The lowest BCUT2D eigenvalue weighted by molar-refractivity contribution is 0.206. The zero-order chi connectivity index (χ0) is 17.1. The van der Waals surface area contributed by atoms with Gasteiger partial charge < -0.3 is 10.1 Å². The number of pyridine rings is 1. The molecular formula is C18H19FN4O. The number of aromatic nitrogens is 3. The summed E-state index contributed by atoms with van der Waals surface area (Å²) in [5.41, 5.74) is 0.731. The first kappa shape index (κ1) is 16.1. The van der Waals surface area contributed by atoms with Crippen LogP contribution in [0.3, 0.4) is 0 Å². The molecule has 0 aliphatic rings. The molecule has 0 fully saturated rings. The summed E-state index contributed by atoms with van der Waals surface area (Å²) in [7, 11) is 0. The summed E-state index contributed by atoms with van der Waals surface area (Å²) in [5.74, 6) is 1.31. The van der Waals surface area contributed by atoms with Gasteiger partial charge in [-0.05, 0) is 37.8 Å². The first-order valence-electron chi connectivity index (χ1n) is 7.88. The van der Waals surface area contributed by atoms with Gasteiger partial charge in [-0.15, -0.1) is 0 Å². The van der Waals surface area contributed by atoms with E-state index in [0.29, 0.717) is 22.9 Å². The van der Waals surface area contributed by atoms with E-state index in [0.717, 1.165) is 17.5 Å². The van der Waals surface area contributed by atoms with Gasteiger partial charge in [-0.3, -0.25) is 4.98 Å². The molecule has 2 aromatic heterocycles. The van der Waals surface area contributed by atoms with Crippen LogP contribution in [0.4, 0.5) is 16.0 Å². The molecule has 2 heterocycles. The molecule has 0 amide bonds. The van der Waals surface area contributed by atoms with Crippen LogP contribution in [0.1, 0.15) is 26.0 Å². The number of aryl methyl sites for hydroxylation is 1. The summed E-state index contributed by atoms with van der Waals surface area (Å²) in [6, 6.07) is 6.70. The molecule has 0 radical (unpaired) electrons. The molecule has 0 spiro atoms. The number of hydrogen-bond donors (Lipinski definition) is 1. The van der Waals surface area contributed by atoms with Crippen molar-refractivity contribution >= 4 is 22.4 Å². The Bertz CT molecular complexity index is 869. The van der Waals surface area contributed by atoms with Crippen molar-refractivity contribution in [3.05, 3.63) is 48.2 Å². The van der Waals surface area contributed by atoms with Crippen LogP contribution in [0.2, 0.25) is 0 Å². The second-order valence-electron chi connectivity index (χ2n) is 5.64. The number of ether oxygens (including phenoxy) is 1. The minimum absolute atomic E-state index is 0.0648. The quantitative estimate of drug-likeness (QED) is 0.753. The highest BCUT2D eigenvalue weighted by atomic mass is 19.1. The Morgan fingerprint density at radius 1 is 1.21 bits per heavy atom. The summed E-state index contributed by atoms with van der Waals surface area (Å²) in [4.78, 5) is 13.0. The molecule has 5 nitrogen and oxygen atoms in total. The fourth-order valence-electron chi connectivity index (χ4n) is 2.21. The highest BCUT2D eigenvalue weighted by Crippen LogP contribution is 2.23. The van der Waals surface area contributed by atoms with Crippen LogP contribution < -0.4 is 10.1 Å². The largest absolute Gasteiger partial charge is 0.473 e. The zero-order valence-electron chi connectivity index (χ0n) is 13.9. The Hall–Kier alpha value is -2.76. The minimum Gasteiger partial charge on any atom is -0.473 e. The molecule has 6 heteroatoms. The van der Waals surface area contributed by atoms with Gasteiger partial charge in [0.1, 0.15) is 11.6 Å². The van der Waals surface area contributed by atoms with Crippen molar-refractivity contribution in [1.82, 2.24) is 15.0 Å². The van der Waals surface area contributed by atoms with E-state index in [2.05, 4.69) is 20.3 Å². The second kappa shape index (κ2) is 6.78. The molecule has 124 valence electrons. The number of nitrogens with one attached hydrogen (secondary N) is 1. The lowest BCUT2D eigenvalue weighted by Gasteiger charge is -2.14. The number of hydrogen-bond acceptors (Lipinski definition) is 5. The van der Waals surface area contributed by atoms with Crippen LogP contribution in [0.5, 0.6) is 5.88 Å². The number of benzene rings is 1. The van der Waals surface area contributed by atoms with Crippen LogP contribution in [-0.4, -0.2) is 21.1 Å². The van der Waals surface area contributed by atoms with E-state index in [1.807, 2.05) is 26.8 Å². The Kier molecular flexibility index (Phi) is 4.55. The Morgan fingerprint density at radius 3 is 2.83 bits per heavy atom. The van der Waals surface area contributed by atoms with E-state index < -0.39 is 0 Å². The van der Waals surface area contributed by atoms with E-state index in [4.69, 9.17) is 4.74 Å². The minimum atomic E-state index is -0.286. The van der Waals surface area contributed by atoms with E-state index >= 15 is 0 Å². The number of fused-ring (bicyclic) bond motifs is 1. The Labute approximate surface area is 139 Å². The molecule has 0 bridgehead atoms. The third kappa shape index (κ3) is 3.42. The fourth-order valence-corrected chi connectivity index (χ4v) is 2.21. The average Bonchev–Trinajstić information content (AvgIpc) is 2.58. The molecule has 1 aromatic carbocycles. The van der Waals surface area contributed by atoms with E-state index in [1.54, 1.807) is 18.3 Å². The topological polar surface area (TPSA) is 59.9 Å². The maximum atomic E-state index is 13.7. The number of halogens is 1. The highest BCUT2D eigenvalue weighted by molar-refractivity contribution is 5.84. The van der Waals surface area contributed by atoms with Crippen molar-refractivity contribution in [2.45, 2.75) is 33.3 Å². The maximum Gasteiger partial charge on any atom is 0.237 e. The fraction of sp³-hybridized carbons (Fsp3) is 0.278. The Balaban J connectivity index is 1.87. The molecule has 3 rings (SSSR count). The van der Waals surface area contributed by atoms with Gasteiger partial charge in [-0.1, -0.05) is 19.1 Å². The van der Waals surface area contributed by atoms with Gasteiger partial charge in [-0.25, -0.2) is 9.37 Å². The SMILES string of the molecule is CC[C@@H](C)Oc1nc(Nc2cc3cccc(F)c3cn2)cnc1C. The average molecular weight is 326 g/mol. The molecule has 0 aliphatic heterocycles. The summed E-state index contributed by atoms with van der Waals surface area (Å²) in [6.45, 7) is 5.89. The van der Waals surface area contributed by atoms with Crippen LogP contribution in [0.15, 0.2) is 36.7 Å². The standard InChI is InChI=1S/C18H19FN4O/c1-4-11(2)24-18-12(3)20-10-17(23-18)22-16-8-13-6-5-7-15(19)14(13)9-21-16/h5-11H,4H2,1-3H3,(H,21,22,23)/t11-/m1/s1. The first-order valence-corrected chi connectivity index (χ1v) is 7.88. The molecular weight excluding hydrogens is 307 g/mol. The van der Waals surface area contributed by atoms with Gasteiger partial charge in [0.05, 0.1) is 18.0 Å². The smallest absolute Gasteiger partial charge is 0.237 e. The molecule has 0 saturated heterocycles. The van der Waals surface area contributed by atoms with E-state index in [9.17, 15) is 4.39 Å². The van der Waals surface area contributed by atoms with Gasteiger partial charge in [0.2, 0.25) is 5.88 Å². The molecule has 3 aromatic rings. The number of anilines is 2. The predicted octanol–water partition coefficient (Wildman–Crippen LogP) is 4.39. The van der Waals surface area contributed by atoms with Crippen molar-refractivity contribution in [1.29, 1.82) is 0 Å². The molecule has 1 N–H and O–H groups in total. The first-order chi connectivity index (χ1) is 11.6. The van der Waals surface area contributed by atoms with Crippen molar-refractivity contribution in [3.63, 3.8) is 0 Å². The molecule has 24 heavy (non-hydrogen) atoms. The van der Waals surface area contributed by atoms with Crippen molar-refractivity contribution < 1.29 is 9.13 Å². The van der Waals surface area contributed by atoms with Crippen LogP contribution in [-0.2, 0) is 0 Å². The van der Waals surface area contributed by atoms with Crippen molar-refractivity contribution in [2.24, 2.45) is 0 Å². The Morgan fingerprint density at radius 2 is 2.04 bits per heavy atom. The third-order valence-corrected chi connectivity index (χ3v) is 3.77. The van der Waals surface area contributed by atoms with E-state index in [-0.39, 0.29) is 11.9 Å². The van der Waals surface area contributed by atoms with Gasteiger partial charge in [-0.2, -0.15) is 4.98 Å². The predicted molar refractivity (Wildman–Crippen MR) is 92.1 cm³/mol. The number of rotatable bonds is 5. The van der Waals surface area contributed by atoms with E-state index in [1.165, 1.54) is 12.3 Å². The van der Waals surface area contributed by atoms with Gasteiger partial charge in [0.25, 0.3) is 0 Å². The van der Waals surface area contributed by atoms with Crippen LogP contribution in [0.25, 0.3) is 10.8 Å². The molecule has 0 aliphatic carbocycles. The lowest BCUT2D eigenvalue weighted by atomic mass is 10.1. The summed E-state index contributed by atoms with van der Waals surface area (Å²) in [5, 5.41) is 4.34.